The van der Waals surface area contributed by atoms with Crippen LogP contribution in [-0.2, 0) is 6.54 Å². The standard InChI is InChI=1S/C20H20N6.ClH/c21-14-16-8-10-18(11-9-16)19(25-12-4-5-13-25)20-22-23-24-26(20)15-17-6-2-1-3-7-17;/h1-3,6-11,19H,4-5,12-13,15H2;1H. The van der Waals surface area contributed by atoms with E-state index in [9.17, 15) is 0 Å². The summed E-state index contributed by atoms with van der Waals surface area (Å²) in [4.78, 5) is 2.43. The van der Waals surface area contributed by atoms with Gasteiger partial charge in [-0.1, -0.05) is 42.5 Å². The summed E-state index contributed by atoms with van der Waals surface area (Å²) in [5, 5.41) is 21.6. The van der Waals surface area contributed by atoms with Crippen LogP contribution in [0.25, 0.3) is 0 Å². The van der Waals surface area contributed by atoms with E-state index in [0.29, 0.717) is 12.1 Å². The maximum Gasteiger partial charge on any atom is 0.173 e. The molecular weight excluding hydrogens is 360 g/mol. The minimum absolute atomic E-state index is 0. The fraction of sp³-hybridized carbons (Fsp3) is 0.300. The zero-order valence-corrected chi connectivity index (χ0v) is 15.7. The van der Waals surface area contributed by atoms with E-state index in [1.165, 1.54) is 18.4 Å². The van der Waals surface area contributed by atoms with Gasteiger partial charge in [-0.05, 0) is 59.6 Å². The van der Waals surface area contributed by atoms with Crippen LogP contribution < -0.4 is 0 Å². The summed E-state index contributed by atoms with van der Waals surface area (Å²) in [7, 11) is 0. The van der Waals surface area contributed by atoms with Crippen molar-refractivity contribution in [3.63, 3.8) is 0 Å². The monoisotopic (exact) mass is 380 g/mol. The third-order valence-corrected chi connectivity index (χ3v) is 4.84. The van der Waals surface area contributed by atoms with Crippen LogP contribution in [0, 0.1) is 11.3 Å². The molecule has 138 valence electrons. The highest BCUT2D eigenvalue weighted by molar-refractivity contribution is 5.85. The molecule has 1 aliphatic heterocycles. The Kier molecular flexibility index (Phi) is 6.17. The third-order valence-electron chi connectivity index (χ3n) is 4.84. The van der Waals surface area contributed by atoms with Crippen molar-refractivity contribution >= 4 is 12.4 Å². The average Bonchev–Trinajstić information content (AvgIpc) is 3.37. The van der Waals surface area contributed by atoms with Crippen molar-refractivity contribution in [2.75, 3.05) is 13.1 Å². The second-order valence-corrected chi connectivity index (χ2v) is 6.56. The van der Waals surface area contributed by atoms with Gasteiger partial charge in [0.15, 0.2) is 5.82 Å². The molecule has 1 aromatic heterocycles. The minimum Gasteiger partial charge on any atom is -0.290 e. The molecule has 1 atom stereocenters. The summed E-state index contributed by atoms with van der Waals surface area (Å²) < 4.78 is 1.89. The maximum atomic E-state index is 9.07. The Morgan fingerprint density at radius 3 is 2.37 bits per heavy atom. The van der Waals surface area contributed by atoms with Gasteiger partial charge in [-0.25, -0.2) is 4.68 Å². The molecule has 1 saturated heterocycles. The number of nitriles is 1. The van der Waals surface area contributed by atoms with Crippen LogP contribution in [0.1, 0.15) is 41.4 Å². The molecule has 0 saturated carbocycles. The molecule has 1 unspecified atom stereocenters. The van der Waals surface area contributed by atoms with E-state index in [1.54, 1.807) is 0 Å². The van der Waals surface area contributed by atoms with E-state index in [1.807, 2.05) is 47.1 Å². The molecule has 0 radical (unpaired) electrons. The molecule has 4 rings (SSSR count). The Balaban J connectivity index is 0.00000210. The zero-order chi connectivity index (χ0) is 17.8. The molecule has 1 aliphatic rings. The Labute approximate surface area is 164 Å². The molecular formula is C20H21ClN6. The predicted molar refractivity (Wildman–Crippen MR) is 104 cm³/mol. The van der Waals surface area contributed by atoms with Gasteiger partial charge in [0, 0.05) is 0 Å². The van der Waals surface area contributed by atoms with Gasteiger partial charge in [-0.15, -0.1) is 17.5 Å². The minimum atomic E-state index is 0. The first kappa shape index (κ1) is 19.0. The van der Waals surface area contributed by atoms with Crippen LogP contribution in [-0.4, -0.2) is 38.2 Å². The van der Waals surface area contributed by atoms with Crippen molar-refractivity contribution in [2.45, 2.75) is 25.4 Å². The number of halogens is 1. The van der Waals surface area contributed by atoms with E-state index in [0.717, 1.165) is 24.5 Å². The van der Waals surface area contributed by atoms with Crippen molar-refractivity contribution in [3.8, 4) is 6.07 Å². The fourth-order valence-electron chi connectivity index (χ4n) is 3.54. The number of tetrazole rings is 1. The normalized spacial score (nSPS) is 15.1. The lowest BCUT2D eigenvalue weighted by molar-refractivity contribution is 0.264. The fourth-order valence-corrected chi connectivity index (χ4v) is 3.54. The number of hydrogen-bond acceptors (Lipinski definition) is 5. The number of nitrogens with zero attached hydrogens (tertiary/aromatic N) is 6. The van der Waals surface area contributed by atoms with E-state index in [-0.39, 0.29) is 18.4 Å². The average molecular weight is 381 g/mol. The summed E-state index contributed by atoms with van der Waals surface area (Å²) in [5.74, 6) is 0.848. The van der Waals surface area contributed by atoms with Gasteiger partial charge in [0.05, 0.1) is 24.2 Å². The molecule has 0 amide bonds. The highest BCUT2D eigenvalue weighted by Gasteiger charge is 2.29. The van der Waals surface area contributed by atoms with Crippen molar-refractivity contribution in [2.24, 2.45) is 0 Å². The van der Waals surface area contributed by atoms with Crippen molar-refractivity contribution < 1.29 is 0 Å². The number of hydrogen-bond donors (Lipinski definition) is 0. The third kappa shape index (κ3) is 4.16. The summed E-state index contributed by atoms with van der Waals surface area (Å²) >= 11 is 0. The van der Waals surface area contributed by atoms with Gasteiger partial charge in [-0.3, -0.25) is 4.90 Å². The van der Waals surface area contributed by atoms with E-state index < -0.39 is 0 Å². The van der Waals surface area contributed by atoms with Crippen LogP contribution >= 0.6 is 12.4 Å². The molecule has 0 spiro atoms. The van der Waals surface area contributed by atoms with Gasteiger partial charge >= 0.3 is 0 Å². The van der Waals surface area contributed by atoms with Crippen LogP contribution in [0.2, 0.25) is 0 Å². The van der Waals surface area contributed by atoms with Crippen LogP contribution in [0.15, 0.2) is 54.6 Å². The first-order valence-corrected chi connectivity index (χ1v) is 8.89. The molecule has 0 bridgehead atoms. The summed E-state index contributed by atoms with van der Waals surface area (Å²) in [6, 6.07) is 20.2. The molecule has 0 N–H and O–H groups in total. The van der Waals surface area contributed by atoms with Gasteiger partial charge in [0.2, 0.25) is 0 Å². The lowest BCUT2D eigenvalue weighted by atomic mass is 10.0. The zero-order valence-electron chi connectivity index (χ0n) is 14.9. The summed E-state index contributed by atoms with van der Waals surface area (Å²) in [5.41, 5.74) is 2.95. The van der Waals surface area contributed by atoms with E-state index >= 15 is 0 Å². The second kappa shape index (κ2) is 8.76. The van der Waals surface area contributed by atoms with Gasteiger partial charge < -0.3 is 0 Å². The lowest BCUT2D eigenvalue weighted by Gasteiger charge is -2.27. The van der Waals surface area contributed by atoms with Crippen molar-refractivity contribution in [3.05, 3.63) is 77.1 Å². The highest BCUT2D eigenvalue weighted by atomic mass is 35.5. The molecule has 1 fully saturated rings. The number of likely N-dealkylation sites (tertiary alicyclic amines) is 1. The Hall–Kier alpha value is -2.75. The number of rotatable bonds is 5. The molecule has 2 aromatic carbocycles. The van der Waals surface area contributed by atoms with Crippen LogP contribution in [0.4, 0.5) is 0 Å². The second-order valence-electron chi connectivity index (χ2n) is 6.56. The molecule has 7 heteroatoms. The quantitative estimate of drug-likeness (QED) is 0.679. The molecule has 27 heavy (non-hydrogen) atoms. The Morgan fingerprint density at radius 1 is 1.00 bits per heavy atom. The van der Waals surface area contributed by atoms with Crippen LogP contribution in [0.3, 0.4) is 0 Å². The maximum absolute atomic E-state index is 9.07. The number of benzene rings is 2. The van der Waals surface area contributed by atoms with E-state index in [4.69, 9.17) is 5.26 Å². The highest BCUT2D eigenvalue weighted by Crippen LogP contribution is 2.30. The predicted octanol–water partition coefficient (Wildman–Crippen LogP) is 3.20. The summed E-state index contributed by atoms with van der Waals surface area (Å²) in [6.45, 7) is 2.70. The topological polar surface area (TPSA) is 70.6 Å². The Morgan fingerprint density at radius 2 is 1.70 bits per heavy atom. The number of aromatic nitrogens is 4. The van der Waals surface area contributed by atoms with Gasteiger partial charge in [-0.2, -0.15) is 5.26 Å². The van der Waals surface area contributed by atoms with Crippen molar-refractivity contribution in [1.82, 2.24) is 25.1 Å². The SMILES string of the molecule is Cl.N#Cc1ccc(C(c2nnnn2Cc2ccccc2)N2CCCC2)cc1. The van der Waals surface area contributed by atoms with Gasteiger partial charge in [0.25, 0.3) is 0 Å². The molecule has 2 heterocycles. The molecule has 0 aliphatic carbocycles. The van der Waals surface area contributed by atoms with Gasteiger partial charge in [0.1, 0.15) is 0 Å². The molecule has 3 aromatic rings. The largest absolute Gasteiger partial charge is 0.290 e. The van der Waals surface area contributed by atoms with E-state index in [2.05, 4.69) is 38.6 Å². The van der Waals surface area contributed by atoms with Crippen molar-refractivity contribution in [1.29, 1.82) is 5.26 Å². The molecule has 6 nitrogen and oxygen atoms in total. The first-order valence-electron chi connectivity index (χ1n) is 8.89. The summed E-state index contributed by atoms with van der Waals surface area (Å²) in [6.07, 6.45) is 2.38. The van der Waals surface area contributed by atoms with Crippen LogP contribution in [0.5, 0.6) is 0 Å². The smallest absolute Gasteiger partial charge is 0.173 e. The lowest BCUT2D eigenvalue weighted by Crippen LogP contribution is -2.29. The Bertz CT molecular complexity index is 894. The first-order chi connectivity index (χ1) is 12.8.